The molecule has 10 heteroatoms. The van der Waals surface area contributed by atoms with Gasteiger partial charge in [0.15, 0.2) is 0 Å². The van der Waals surface area contributed by atoms with Crippen LogP contribution in [-0.4, -0.2) is 48.8 Å². The molecule has 1 aliphatic heterocycles. The molecule has 7 nitrogen and oxygen atoms in total. The second kappa shape index (κ2) is 13.3. The van der Waals surface area contributed by atoms with E-state index in [2.05, 4.69) is 20.9 Å². The Morgan fingerprint density at radius 2 is 1.48 bits per heavy atom. The number of likely N-dealkylation sites (tertiary alicyclic amines) is 1. The van der Waals surface area contributed by atoms with E-state index < -0.39 is 17.6 Å². The number of benzene rings is 3. The highest BCUT2D eigenvalue weighted by Gasteiger charge is 2.31. The largest absolute Gasteiger partial charge is 0.416 e. The Morgan fingerprint density at radius 3 is 2.15 bits per heavy atom. The number of piperidine rings is 1. The quantitative estimate of drug-likeness (QED) is 0.359. The summed E-state index contributed by atoms with van der Waals surface area (Å²) in [6.45, 7) is 2.70. The standard InChI is InChI=1S/C30H31F3N4O3/c31-30(32,33)25-8-4-7-24(17-25)28(39)35-19-27(38)34-18-21-13-15-37(16-14-21)20-22-9-11-26(12-10-22)36-29(40)23-5-2-1-3-6-23/h1-12,17,21H,13-16,18-20H2,(H,34,38)(H,35,39)(H,36,40). The summed E-state index contributed by atoms with van der Waals surface area (Å²) in [5, 5.41) is 8.08. The average molecular weight is 553 g/mol. The van der Waals surface area contributed by atoms with Gasteiger partial charge < -0.3 is 16.0 Å². The number of nitrogens with one attached hydrogen (secondary N) is 3. The number of carbonyl (C=O) groups is 3. The van der Waals surface area contributed by atoms with Crippen molar-refractivity contribution in [2.24, 2.45) is 5.92 Å². The van der Waals surface area contributed by atoms with E-state index in [-0.39, 0.29) is 23.9 Å². The predicted octanol–water partition coefficient (Wildman–Crippen LogP) is 4.72. The van der Waals surface area contributed by atoms with Crippen LogP contribution in [0.4, 0.5) is 18.9 Å². The Hall–Kier alpha value is -4.18. The molecule has 0 aliphatic carbocycles. The minimum absolute atomic E-state index is 0.151. The van der Waals surface area contributed by atoms with Crippen molar-refractivity contribution in [2.45, 2.75) is 25.6 Å². The van der Waals surface area contributed by atoms with Crippen molar-refractivity contribution in [2.75, 3.05) is 31.5 Å². The molecule has 0 spiro atoms. The van der Waals surface area contributed by atoms with Crippen LogP contribution in [0.25, 0.3) is 0 Å². The van der Waals surface area contributed by atoms with Gasteiger partial charge in [-0.3, -0.25) is 19.3 Å². The van der Waals surface area contributed by atoms with Gasteiger partial charge in [-0.1, -0.05) is 36.4 Å². The zero-order valence-electron chi connectivity index (χ0n) is 21.8. The third kappa shape index (κ3) is 8.41. The molecule has 1 heterocycles. The maximum Gasteiger partial charge on any atom is 0.416 e. The molecule has 0 bridgehead atoms. The lowest BCUT2D eigenvalue weighted by atomic mass is 9.96. The van der Waals surface area contributed by atoms with E-state index in [0.717, 1.165) is 61.9 Å². The Balaban J connectivity index is 1.14. The zero-order chi connectivity index (χ0) is 28.5. The second-order valence-corrected chi connectivity index (χ2v) is 9.80. The Bertz CT molecular complexity index is 1310. The molecule has 4 rings (SSSR count). The van der Waals surface area contributed by atoms with Crippen LogP contribution in [0, 0.1) is 5.92 Å². The van der Waals surface area contributed by atoms with E-state index >= 15 is 0 Å². The van der Waals surface area contributed by atoms with Gasteiger partial charge in [-0.2, -0.15) is 13.2 Å². The van der Waals surface area contributed by atoms with E-state index in [1.165, 1.54) is 6.07 Å². The molecule has 0 atom stereocenters. The molecule has 3 aromatic carbocycles. The van der Waals surface area contributed by atoms with Gasteiger partial charge in [0.1, 0.15) is 0 Å². The molecule has 0 aromatic heterocycles. The molecule has 0 radical (unpaired) electrons. The molecular weight excluding hydrogens is 521 g/mol. The third-order valence-electron chi connectivity index (χ3n) is 6.81. The normalized spacial score (nSPS) is 14.4. The zero-order valence-corrected chi connectivity index (χ0v) is 21.8. The van der Waals surface area contributed by atoms with Crippen LogP contribution in [0.2, 0.25) is 0 Å². The fourth-order valence-corrected chi connectivity index (χ4v) is 4.51. The predicted molar refractivity (Wildman–Crippen MR) is 146 cm³/mol. The van der Waals surface area contributed by atoms with Gasteiger partial charge in [0.05, 0.1) is 12.1 Å². The summed E-state index contributed by atoms with van der Waals surface area (Å²) in [7, 11) is 0. The molecule has 1 saturated heterocycles. The highest BCUT2D eigenvalue weighted by atomic mass is 19.4. The first kappa shape index (κ1) is 28.8. The van der Waals surface area contributed by atoms with Crippen LogP contribution in [0.15, 0.2) is 78.9 Å². The minimum Gasteiger partial charge on any atom is -0.354 e. The molecule has 40 heavy (non-hydrogen) atoms. The number of halogens is 3. The number of alkyl halides is 3. The number of nitrogens with zero attached hydrogens (tertiary/aromatic N) is 1. The lowest BCUT2D eigenvalue weighted by Crippen LogP contribution is -2.41. The van der Waals surface area contributed by atoms with Crippen LogP contribution in [0.1, 0.15) is 44.7 Å². The highest BCUT2D eigenvalue weighted by Crippen LogP contribution is 2.29. The van der Waals surface area contributed by atoms with Gasteiger partial charge in [0.25, 0.3) is 11.8 Å². The molecule has 0 unspecified atom stereocenters. The number of rotatable bonds is 9. The third-order valence-corrected chi connectivity index (χ3v) is 6.81. The van der Waals surface area contributed by atoms with Crippen molar-refractivity contribution in [3.8, 4) is 0 Å². The fraction of sp³-hybridized carbons (Fsp3) is 0.300. The van der Waals surface area contributed by atoms with Crippen molar-refractivity contribution >= 4 is 23.4 Å². The molecule has 0 saturated carbocycles. The van der Waals surface area contributed by atoms with Gasteiger partial charge in [-0.15, -0.1) is 0 Å². The van der Waals surface area contributed by atoms with Gasteiger partial charge in [0, 0.05) is 29.9 Å². The lowest BCUT2D eigenvalue weighted by molar-refractivity contribution is -0.137. The van der Waals surface area contributed by atoms with Gasteiger partial charge in [-0.25, -0.2) is 0 Å². The topological polar surface area (TPSA) is 90.5 Å². The summed E-state index contributed by atoms with van der Waals surface area (Å²) >= 11 is 0. The monoisotopic (exact) mass is 552 g/mol. The van der Waals surface area contributed by atoms with E-state index in [4.69, 9.17) is 0 Å². The van der Waals surface area contributed by atoms with Crippen LogP contribution in [-0.2, 0) is 17.5 Å². The van der Waals surface area contributed by atoms with Gasteiger partial charge >= 0.3 is 6.18 Å². The second-order valence-electron chi connectivity index (χ2n) is 9.80. The molecule has 3 amide bonds. The Labute approximate surface area is 230 Å². The molecule has 3 N–H and O–H groups in total. The summed E-state index contributed by atoms with van der Waals surface area (Å²) in [6.07, 6.45) is -2.74. The van der Waals surface area contributed by atoms with Crippen LogP contribution in [0.5, 0.6) is 0 Å². The highest BCUT2D eigenvalue weighted by molar-refractivity contribution is 6.04. The molecule has 3 aromatic rings. The van der Waals surface area contributed by atoms with Crippen LogP contribution < -0.4 is 16.0 Å². The van der Waals surface area contributed by atoms with Crippen molar-refractivity contribution in [1.82, 2.24) is 15.5 Å². The number of hydrogen-bond acceptors (Lipinski definition) is 4. The first-order chi connectivity index (χ1) is 19.2. The summed E-state index contributed by atoms with van der Waals surface area (Å²) in [5.41, 5.74) is 1.41. The summed E-state index contributed by atoms with van der Waals surface area (Å²) in [5.74, 6) is -0.973. The molecule has 1 aliphatic rings. The first-order valence-corrected chi connectivity index (χ1v) is 13.1. The van der Waals surface area contributed by atoms with E-state index in [0.29, 0.717) is 18.0 Å². The number of anilines is 1. The lowest BCUT2D eigenvalue weighted by Gasteiger charge is -2.32. The number of amides is 3. The first-order valence-electron chi connectivity index (χ1n) is 13.1. The maximum absolute atomic E-state index is 12.8. The van der Waals surface area contributed by atoms with Crippen molar-refractivity contribution in [3.05, 3.63) is 101 Å². The van der Waals surface area contributed by atoms with Gasteiger partial charge in [0.2, 0.25) is 5.91 Å². The molecule has 1 fully saturated rings. The van der Waals surface area contributed by atoms with Crippen molar-refractivity contribution in [3.63, 3.8) is 0 Å². The maximum atomic E-state index is 12.8. The number of hydrogen-bond donors (Lipinski definition) is 3. The van der Waals surface area contributed by atoms with Crippen molar-refractivity contribution < 1.29 is 27.6 Å². The fourth-order valence-electron chi connectivity index (χ4n) is 4.51. The summed E-state index contributed by atoms with van der Waals surface area (Å²) in [4.78, 5) is 39.0. The smallest absolute Gasteiger partial charge is 0.354 e. The Morgan fingerprint density at radius 1 is 0.800 bits per heavy atom. The SMILES string of the molecule is O=C(CNC(=O)c1cccc(C(F)(F)F)c1)NCC1CCN(Cc2ccc(NC(=O)c3ccccc3)cc2)CC1. The molecule has 210 valence electrons. The van der Waals surface area contributed by atoms with E-state index in [1.807, 2.05) is 42.5 Å². The molecular formula is C30H31F3N4O3. The Kier molecular flexibility index (Phi) is 9.55. The summed E-state index contributed by atoms with van der Waals surface area (Å²) in [6, 6.07) is 20.9. The summed E-state index contributed by atoms with van der Waals surface area (Å²) < 4.78 is 38.5. The number of carbonyl (C=O) groups excluding carboxylic acids is 3. The average Bonchev–Trinajstić information content (AvgIpc) is 2.96. The minimum atomic E-state index is -4.55. The van der Waals surface area contributed by atoms with E-state index in [9.17, 15) is 27.6 Å². The van der Waals surface area contributed by atoms with Gasteiger partial charge in [-0.05, 0) is 79.9 Å². The van der Waals surface area contributed by atoms with Crippen molar-refractivity contribution in [1.29, 1.82) is 0 Å². The van der Waals surface area contributed by atoms with Crippen LogP contribution in [0.3, 0.4) is 0 Å². The van der Waals surface area contributed by atoms with E-state index in [1.54, 1.807) is 12.1 Å². The van der Waals surface area contributed by atoms with Crippen LogP contribution >= 0.6 is 0 Å².